The van der Waals surface area contributed by atoms with E-state index in [1.165, 1.54) is 61.8 Å². The Kier molecular flexibility index (Phi) is 8.43. The number of methoxy groups -OCH3 is 1. The molecule has 2 atom stereocenters. The van der Waals surface area contributed by atoms with Crippen LogP contribution in [-0.4, -0.2) is 42.4 Å². The van der Waals surface area contributed by atoms with E-state index >= 15 is 0 Å². The van der Waals surface area contributed by atoms with Crippen molar-refractivity contribution in [3.63, 3.8) is 0 Å². The molecule has 1 aromatic heterocycles. The fourth-order valence-corrected chi connectivity index (χ4v) is 4.58. The molecule has 2 aromatic carbocycles. The Hall–Kier alpha value is -3.67. The highest BCUT2D eigenvalue weighted by molar-refractivity contribution is 6.30. The zero-order chi connectivity index (χ0) is 28.3. The number of hydrogen-bond donors (Lipinski definition) is 2. The second-order valence-corrected chi connectivity index (χ2v) is 9.47. The summed E-state index contributed by atoms with van der Waals surface area (Å²) >= 11 is 6.16. The topological polar surface area (TPSA) is 113 Å². The lowest BCUT2D eigenvalue weighted by molar-refractivity contribution is -0.223. The molecule has 8 nitrogen and oxygen atoms in total. The van der Waals surface area contributed by atoms with Crippen molar-refractivity contribution in [2.45, 2.75) is 37.8 Å². The largest absolute Gasteiger partial charge is 0.414 e. The summed E-state index contributed by atoms with van der Waals surface area (Å²) in [4.78, 5) is 37.9. The molecule has 0 unspecified atom stereocenters. The van der Waals surface area contributed by atoms with Gasteiger partial charge in [-0.25, -0.2) is 0 Å². The third-order valence-electron chi connectivity index (χ3n) is 6.41. The second-order valence-electron chi connectivity index (χ2n) is 9.03. The number of alkyl halides is 3. The number of hydrogen-bond acceptors (Lipinski definition) is 5. The number of anilines is 1. The Morgan fingerprint density at radius 2 is 1.85 bits per heavy atom. The predicted molar refractivity (Wildman–Crippen MR) is 139 cm³/mol. The molecule has 0 bridgehead atoms. The van der Waals surface area contributed by atoms with Crippen LogP contribution in [0.25, 0.3) is 11.1 Å². The number of fused-ring (bicyclic) bond motifs is 3. The molecule has 3 aromatic rings. The van der Waals surface area contributed by atoms with Crippen molar-refractivity contribution in [1.82, 2.24) is 4.57 Å². The Labute approximate surface area is 226 Å². The van der Waals surface area contributed by atoms with Crippen molar-refractivity contribution in [1.29, 1.82) is 0 Å². The summed E-state index contributed by atoms with van der Waals surface area (Å²) in [5.74, 6) is -1.19. The minimum absolute atomic E-state index is 0.0921. The minimum Gasteiger partial charge on any atom is -0.385 e. The first-order valence-electron chi connectivity index (χ1n) is 11.9. The maximum absolute atomic E-state index is 13.7. The van der Waals surface area contributed by atoms with Crippen LogP contribution in [0.5, 0.6) is 0 Å². The van der Waals surface area contributed by atoms with Crippen LogP contribution in [0.1, 0.15) is 33.9 Å². The van der Waals surface area contributed by atoms with Crippen LogP contribution in [0.15, 0.2) is 59.5 Å². The fourth-order valence-electron chi connectivity index (χ4n) is 4.41. The quantitative estimate of drug-likeness (QED) is 0.440. The lowest BCUT2D eigenvalue weighted by Gasteiger charge is -2.27. The van der Waals surface area contributed by atoms with Gasteiger partial charge in [-0.05, 0) is 53.1 Å². The Bertz CT molecular complexity index is 1440. The van der Waals surface area contributed by atoms with Crippen molar-refractivity contribution in [2.75, 3.05) is 19.0 Å². The number of rotatable bonds is 7. The zero-order valence-electron chi connectivity index (χ0n) is 20.8. The number of halogens is 4. The van der Waals surface area contributed by atoms with Gasteiger partial charge in [0.05, 0.1) is 6.61 Å². The van der Waals surface area contributed by atoms with E-state index in [-0.39, 0.29) is 24.2 Å². The van der Waals surface area contributed by atoms with Crippen molar-refractivity contribution in [3.05, 3.63) is 86.8 Å². The van der Waals surface area contributed by atoms with Crippen molar-refractivity contribution < 1.29 is 32.2 Å². The predicted octanol–water partition coefficient (Wildman–Crippen LogP) is 4.49. The highest BCUT2D eigenvalue weighted by atomic mass is 35.5. The van der Waals surface area contributed by atoms with Crippen LogP contribution in [0.4, 0.5) is 18.9 Å². The second kappa shape index (κ2) is 11.6. The summed E-state index contributed by atoms with van der Waals surface area (Å²) in [6.07, 6.45) is -5.69. The van der Waals surface area contributed by atoms with Gasteiger partial charge >= 0.3 is 6.18 Å². The van der Waals surface area contributed by atoms with E-state index in [1.807, 2.05) is 0 Å². The van der Waals surface area contributed by atoms with Crippen LogP contribution in [-0.2, 0) is 27.3 Å². The van der Waals surface area contributed by atoms with Gasteiger partial charge in [-0.1, -0.05) is 17.7 Å². The number of carbonyl (C=O) groups excluding carboxylic acids is 2. The molecule has 1 aliphatic heterocycles. The number of aromatic nitrogens is 1. The Morgan fingerprint density at radius 1 is 1.15 bits per heavy atom. The lowest BCUT2D eigenvalue weighted by atomic mass is 9.92. The maximum Gasteiger partial charge on any atom is 0.414 e. The number of carbonyl (C=O) groups is 2. The molecule has 0 spiro atoms. The Morgan fingerprint density at radius 3 is 2.49 bits per heavy atom. The molecule has 0 radical (unpaired) electrons. The van der Waals surface area contributed by atoms with Gasteiger partial charge in [0.1, 0.15) is 6.04 Å². The zero-order valence-corrected chi connectivity index (χ0v) is 21.5. The molecule has 0 saturated carbocycles. The van der Waals surface area contributed by atoms with Gasteiger partial charge in [0.15, 0.2) is 6.10 Å². The SMILES string of the molecule is COCC[C@@H](C(=O)Nc1ccc(C(N)=O)cc1)n1cc2c(cc1=O)-c1cc(Cl)ccc1C[C@@H](C(F)(F)F)OC2. The van der Waals surface area contributed by atoms with Gasteiger partial charge in [0.25, 0.3) is 5.56 Å². The number of nitrogens with two attached hydrogens (primary N) is 1. The molecule has 0 saturated heterocycles. The number of amides is 2. The average molecular weight is 564 g/mol. The van der Waals surface area contributed by atoms with Crippen LogP contribution < -0.4 is 16.6 Å². The minimum atomic E-state index is -4.62. The van der Waals surface area contributed by atoms with Crippen LogP contribution in [0, 0.1) is 0 Å². The van der Waals surface area contributed by atoms with Gasteiger partial charge in [0.2, 0.25) is 11.8 Å². The van der Waals surface area contributed by atoms with Gasteiger partial charge < -0.3 is 25.1 Å². The summed E-state index contributed by atoms with van der Waals surface area (Å²) in [5, 5.41) is 2.99. The number of pyridine rings is 1. The van der Waals surface area contributed by atoms with Gasteiger partial charge in [0, 0.05) is 60.7 Å². The van der Waals surface area contributed by atoms with E-state index in [0.29, 0.717) is 27.4 Å². The van der Waals surface area contributed by atoms with E-state index in [4.69, 9.17) is 26.8 Å². The molecule has 3 N–H and O–H groups in total. The lowest BCUT2D eigenvalue weighted by Crippen LogP contribution is -2.36. The first-order valence-corrected chi connectivity index (χ1v) is 12.3. The first-order chi connectivity index (χ1) is 18.5. The van der Waals surface area contributed by atoms with Crippen LogP contribution in [0.2, 0.25) is 5.02 Å². The van der Waals surface area contributed by atoms with Gasteiger partial charge in [-0.2, -0.15) is 13.2 Å². The molecule has 4 rings (SSSR count). The van der Waals surface area contributed by atoms with E-state index in [1.54, 1.807) is 0 Å². The molecule has 2 amide bonds. The van der Waals surface area contributed by atoms with Crippen LogP contribution >= 0.6 is 11.6 Å². The van der Waals surface area contributed by atoms with Crippen molar-refractivity contribution in [2.24, 2.45) is 5.73 Å². The van der Waals surface area contributed by atoms with E-state index in [9.17, 15) is 27.6 Å². The number of primary amides is 1. The highest BCUT2D eigenvalue weighted by Crippen LogP contribution is 2.36. The van der Waals surface area contributed by atoms with E-state index in [0.717, 1.165) is 4.57 Å². The van der Waals surface area contributed by atoms with E-state index < -0.39 is 48.7 Å². The number of ether oxygens (including phenoxy) is 2. The fraction of sp³-hybridized carbons (Fsp3) is 0.296. The van der Waals surface area contributed by atoms with Crippen molar-refractivity contribution in [3.8, 4) is 11.1 Å². The molecular formula is C27H25ClF3N3O5. The number of benzene rings is 2. The van der Waals surface area contributed by atoms with Gasteiger partial charge in [-0.15, -0.1) is 0 Å². The molecular weight excluding hydrogens is 539 g/mol. The number of nitrogens with one attached hydrogen (secondary N) is 1. The summed E-state index contributed by atoms with van der Waals surface area (Å²) < 4.78 is 52.6. The molecule has 39 heavy (non-hydrogen) atoms. The molecule has 0 aliphatic carbocycles. The highest BCUT2D eigenvalue weighted by Gasteiger charge is 2.42. The van der Waals surface area contributed by atoms with Crippen molar-refractivity contribution >= 4 is 29.1 Å². The first kappa shape index (κ1) is 28.3. The molecule has 0 fully saturated rings. The summed E-state index contributed by atoms with van der Waals surface area (Å²) in [6, 6.07) is 10.5. The maximum atomic E-state index is 13.7. The summed E-state index contributed by atoms with van der Waals surface area (Å²) in [5.41, 5.74) is 6.69. The Balaban J connectivity index is 1.75. The summed E-state index contributed by atoms with van der Waals surface area (Å²) in [7, 11) is 1.44. The number of nitrogens with zero attached hydrogens (tertiary/aromatic N) is 1. The third kappa shape index (κ3) is 6.49. The van der Waals surface area contributed by atoms with E-state index in [2.05, 4.69) is 5.32 Å². The smallest absolute Gasteiger partial charge is 0.385 e. The molecule has 1 aliphatic rings. The molecule has 206 valence electrons. The molecule has 2 heterocycles. The normalized spacial score (nSPS) is 15.9. The van der Waals surface area contributed by atoms with Gasteiger partial charge in [-0.3, -0.25) is 14.4 Å². The standard InChI is InChI=1S/C27H25ClF3N3O5/c1-38-9-8-22(26(37)33-19-6-3-15(4-7-19)25(32)36)34-13-17-14-39-23(27(29,30)31)10-16-2-5-18(28)11-20(16)21(17)12-24(34)35/h2-7,11-13,22-23H,8-10,14H2,1H3,(H2,32,36)(H,33,37)/t22-,23-/m0/s1. The summed E-state index contributed by atoms with van der Waals surface area (Å²) in [6.45, 7) is -0.327. The monoisotopic (exact) mass is 563 g/mol. The molecule has 12 heteroatoms. The van der Waals surface area contributed by atoms with Crippen LogP contribution in [0.3, 0.4) is 0 Å². The average Bonchev–Trinajstić information content (AvgIpc) is 2.87. The third-order valence-corrected chi connectivity index (χ3v) is 6.64.